The lowest BCUT2D eigenvalue weighted by atomic mass is 9.79. The third-order valence-electron chi connectivity index (χ3n) is 6.16. The molecule has 0 bridgehead atoms. The second kappa shape index (κ2) is 17.1. The van der Waals surface area contributed by atoms with Crippen molar-refractivity contribution >= 4 is 0 Å². The molecule has 0 radical (unpaired) electrons. The highest BCUT2D eigenvalue weighted by atomic mass is 14.2. The largest absolute Gasteiger partial charge is 0.126 e. The van der Waals surface area contributed by atoms with Crippen LogP contribution in [0.25, 0.3) is 0 Å². The second-order valence-corrected chi connectivity index (χ2v) is 9.56. The molecule has 0 nitrogen and oxygen atoms in total. The maximum atomic E-state index is 3.60. The van der Waals surface area contributed by atoms with Gasteiger partial charge in [-0.25, -0.2) is 0 Å². The van der Waals surface area contributed by atoms with Gasteiger partial charge in [0.25, 0.3) is 0 Å². The van der Waals surface area contributed by atoms with Gasteiger partial charge in [-0.05, 0) is 74.3 Å². The fraction of sp³-hybridized carbons (Fsp3) is 0.821. The predicted molar refractivity (Wildman–Crippen MR) is 130 cm³/mol. The predicted octanol–water partition coefficient (Wildman–Crippen LogP) is 9.91. The Hall–Kier alpha value is -0.740. The third-order valence-corrected chi connectivity index (χ3v) is 6.16. The Morgan fingerprint density at radius 3 is 2.07 bits per heavy atom. The van der Waals surface area contributed by atoms with Gasteiger partial charge in [-0.2, -0.15) is 0 Å². The quantitative estimate of drug-likeness (QED) is 0.182. The summed E-state index contributed by atoms with van der Waals surface area (Å²) in [5.74, 6) is 3.05. The van der Waals surface area contributed by atoms with Crippen molar-refractivity contribution in [3.63, 3.8) is 0 Å². The minimum Gasteiger partial charge on any atom is -0.126 e. The standard InChI is InChI=1S/C28H52/c1-9-12-16-24(6)20-21-25(7)17-14-15-19-28(26(8)18-13-10-2)27(11-3)22-23(4)5/h14,22-24,26,28H,9-13,15-16,18-21H2,1-8H3. The van der Waals surface area contributed by atoms with Gasteiger partial charge in [0.2, 0.25) is 0 Å². The maximum Gasteiger partial charge on any atom is -0.0174 e. The summed E-state index contributed by atoms with van der Waals surface area (Å²) in [5.41, 5.74) is 6.73. The normalized spacial score (nSPS) is 15.2. The molecule has 0 aromatic heterocycles. The van der Waals surface area contributed by atoms with E-state index in [1.807, 2.05) is 0 Å². The molecule has 0 aliphatic carbocycles. The fourth-order valence-electron chi connectivity index (χ4n) is 4.24. The molecular weight excluding hydrogens is 336 g/mol. The Kier molecular flexibility index (Phi) is 16.7. The minimum absolute atomic E-state index is 0.656. The van der Waals surface area contributed by atoms with Crippen LogP contribution in [0, 0.1) is 23.7 Å². The average Bonchev–Trinajstić information content (AvgIpc) is 2.67. The van der Waals surface area contributed by atoms with Gasteiger partial charge in [-0.1, -0.05) is 98.6 Å². The monoisotopic (exact) mass is 388 g/mol. The topological polar surface area (TPSA) is 0 Å². The van der Waals surface area contributed by atoms with Gasteiger partial charge >= 0.3 is 0 Å². The lowest BCUT2D eigenvalue weighted by molar-refractivity contribution is 0.349. The molecule has 164 valence electrons. The van der Waals surface area contributed by atoms with Crippen molar-refractivity contribution in [3.05, 3.63) is 29.0 Å². The molecule has 0 heterocycles. The first-order valence-corrected chi connectivity index (χ1v) is 12.5. The Morgan fingerprint density at radius 1 is 0.857 bits per heavy atom. The van der Waals surface area contributed by atoms with E-state index in [1.54, 1.807) is 5.57 Å². The summed E-state index contributed by atoms with van der Waals surface area (Å²) in [6, 6.07) is 0. The van der Waals surface area contributed by atoms with Crippen LogP contribution in [-0.2, 0) is 0 Å². The number of unbranched alkanes of at least 4 members (excludes halogenated alkanes) is 2. The van der Waals surface area contributed by atoms with Gasteiger partial charge in [0.1, 0.15) is 0 Å². The average molecular weight is 389 g/mol. The number of allylic oxidation sites excluding steroid dienone is 3. The Labute approximate surface area is 179 Å². The summed E-state index contributed by atoms with van der Waals surface area (Å²) in [4.78, 5) is 0. The molecule has 0 saturated heterocycles. The highest BCUT2D eigenvalue weighted by Crippen LogP contribution is 2.32. The van der Waals surface area contributed by atoms with Crippen LogP contribution in [0.1, 0.15) is 126 Å². The highest BCUT2D eigenvalue weighted by Gasteiger charge is 2.19. The first kappa shape index (κ1) is 27.3. The summed E-state index contributed by atoms with van der Waals surface area (Å²) in [6.07, 6.45) is 19.2. The van der Waals surface area contributed by atoms with Crippen molar-refractivity contribution in [2.24, 2.45) is 23.7 Å². The smallest absolute Gasteiger partial charge is 0.0174 e. The molecular formula is C28H52. The van der Waals surface area contributed by atoms with E-state index in [0.717, 1.165) is 17.8 Å². The van der Waals surface area contributed by atoms with Gasteiger partial charge in [-0.3, -0.25) is 0 Å². The van der Waals surface area contributed by atoms with Crippen molar-refractivity contribution in [1.82, 2.24) is 0 Å². The zero-order valence-electron chi connectivity index (χ0n) is 20.7. The van der Waals surface area contributed by atoms with Crippen LogP contribution < -0.4 is 0 Å². The SMILES string of the molecule is CCCCC(C)CCC(C)=C=CCCC(C(=CC(C)C)CC)C(C)CCCC. The molecule has 0 saturated carbocycles. The summed E-state index contributed by atoms with van der Waals surface area (Å²) in [5, 5.41) is 0. The van der Waals surface area contributed by atoms with Gasteiger partial charge in [0.05, 0.1) is 0 Å². The summed E-state index contributed by atoms with van der Waals surface area (Å²) >= 11 is 0. The van der Waals surface area contributed by atoms with Crippen molar-refractivity contribution in [3.8, 4) is 0 Å². The lowest BCUT2D eigenvalue weighted by Gasteiger charge is -2.27. The maximum absolute atomic E-state index is 3.60. The molecule has 0 spiro atoms. The number of hydrogen-bond acceptors (Lipinski definition) is 0. The molecule has 0 fully saturated rings. The van der Waals surface area contributed by atoms with Crippen LogP contribution in [0.4, 0.5) is 0 Å². The Bertz CT molecular complexity index is 458. The molecule has 0 heteroatoms. The second-order valence-electron chi connectivity index (χ2n) is 9.56. The van der Waals surface area contributed by atoms with E-state index in [4.69, 9.17) is 0 Å². The Balaban J connectivity index is 4.80. The molecule has 0 rings (SSSR count). The van der Waals surface area contributed by atoms with Gasteiger partial charge in [0, 0.05) is 0 Å². The molecule has 0 aromatic rings. The highest BCUT2D eigenvalue weighted by molar-refractivity contribution is 5.09. The first-order valence-electron chi connectivity index (χ1n) is 12.5. The van der Waals surface area contributed by atoms with Crippen LogP contribution in [0.5, 0.6) is 0 Å². The van der Waals surface area contributed by atoms with Crippen LogP contribution in [0.2, 0.25) is 0 Å². The van der Waals surface area contributed by atoms with Crippen LogP contribution >= 0.6 is 0 Å². The molecule has 3 atom stereocenters. The summed E-state index contributed by atoms with van der Waals surface area (Å²) in [6.45, 7) is 18.7. The lowest BCUT2D eigenvalue weighted by Crippen LogP contribution is -2.15. The molecule has 28 heavy (non-hydrogen) atoms. The van der Waals surface area contributed by atoms with Crippen molar-refractivity contribution in [2.45, 2.75) is 126 Å². The van der Waals surface area contributed by atoms with Gasteiger partial charge in [0.15, 0.2) is 0 Å². The van der Waals surface area contributed by atoms with E-state index in [-0.39, 0.29) is 0 Å². The summed E-state index contributed by atoms with van der Waals surface area (Å²) < 4.78 is 0. The molecule has 0 aromatic carbocycles. The third kappa shape index (κ3) is 13.4. The van der Waals surface area contributed by atoms with E-state index in [2.05, 4.69) is 73.3 Å². The molecule has 0 aliphatic heterocycles. The van der Waals surface area contributed by atoms with E-state index in [0.29, 0.717) is 5.92 Å². The van der Waals surface area contributed by atoms with E-state index < -0.39 is 0 Å². The van der Waals surface area contributed by atoms with Gasteiger partial charge < -0.3 is 0 Å². The number of rotatable bonds is 16. The zero-order chi connectivity index (χ0) is 21.4. The van der Waals surface area contributed by atoms with Crippen molar-refractivity contribution in [1.29, 1.82) is 0 Å². The molecule has 0 aliphatic rings. The van der Waals surface area contributed by atoms with Gasteiger partial charge in [-0.15, -0.1) is 5.73 Å². The van der Waals surface area contributed by atoms with Crippen molar-refractivity contribution < 1.29 is 0 Å². The fourth-order valence-corrected chi connectivity index (χ4v) is 4.24. The van der Waals surface area contributed by atoms with Crippen LogP contribution in [0.3, 0.4) is 0 Å². The molecule has 3 unspecified atom stereocenters. The van der Waals surface area contributed by atoms with Crippen LogP contribution in [-0.4, -0.2) is 0 Å². The number of hydrogen-bond donors (Lipinski definition) is 0. The van der Waals surface area contributed by atoms with Crippen LogP contribution in [0.15, 0.2) is 29.0 Å². The van der Waals surface area contributed by atoms with E-state index in [1.165, 1.54) is 76.2 Å². The minimum atomic E-state index is 0.656. The Morgan fingerprint density at radius 2 is 1.50 bits per heavy atom. The van der Waals surface area contributed by atoms with E-state index >= 15 is 0 Å². The zero-order valence-corrected chi connectivity index (χ0v) is 20.7. The first-order chi connectivity index (χ1) is 13.3. The molecule has 0 amide bonds. The molecule has 0 N–H and O–H groups in total. The van der Waals surface area contributed by atoms with E-state index in [9.17, 15) is 0 Å². The van der Waals surface area contributed by atoms with Crippen molar-refractivity contribution in [2.75, 3.05) is 0 Å². The summed E-state index contributed by atoms with van der Waals surface area (Å²) in [7, 11) is 0.